The van der Waals surface area contributed by atoms with Crippen LogP contribution < -0.4 is 10.6 Å². The third-order valence-electron chi connectivity index (χ3n) is 2.76. The Kier molecular flexibility index (Phi) is 6.02. The summed E-state index contributed by atoms with van der Waals surface area (Å²) in [5, 5.41) is 16.2. The summed E-state index contributed by atoms with van der Waals surface area (Å²) < 4.78 is 1.28. The molecule has 0 radical (unpaired) electrons. The van der Waals surface area contributed by atoms with E-state index in [1.165, 1.54) is 18.2 Å². The van der Waals surface area contributed by atoms with Crippen LogP contribution in [0, 0.1) is 13.7 Å². The van der Waals surface area contributed by atoms with Gasteiger partial charge in [0.1, 0.15) is 0 Å². The van der Waals surface area contributed by atoms with Crippen molar-refractivity contribution in [2.75, 3.05) is 5.32 Å². The van der Waals surface area contributed by atoms with Crippen molar-refractivity contribution >= 4 is 73.1 Å². The van der Waals surface area contributed by atoms with Gasteiger partial charge < -0.3 is 5.32 Å². The summed E-state index contributed by atoms with van der Waals surface area (Å²) in [4.78, 5) is 22.4. The van der Waals surface area contributed by atoms with E-state index in [-0.39, 0.29) is 16.7 Å². The van der Waals surface area contributed by atoms with Gasteiger partial charge in [-0.05, 0) is 68.9 Å². The van der Waals surface area contributed by atoms with E-state index in [1.807, 2.05) is 12.1 Å². The number of hydrogen-bond acceptors (Lipinski definition) is 4. The molecule has 23 heavy (non-hydrogen) atoms. The molecule has 0 spiro atoms. The van der Waals surface area contributed by atoms with E-state index >= 15 is 0 Å². The molecule has 2 aromatic carbocycles. The number of nitro groups is 1. The average molecular weight is 506 g/mol. The van der Waals surface area contributed by atoms with Crippen LogP contribution in [0.15, 0.2) is 46.9 Å². The SMILES string of the molecule is O=C(NC(=S)Nc1ccc([N+](=O)[O-])cc1Br)c1ccccc1I. The quantitative estimate of drug-likeness (QED) is 0.284. The summed E-state index contributed by atoms with van der Waals surface area (Å²) >= 11 is 10.4. The monoisotopic (exact) mass is 505 g/mol. The fourth-order valence-corrected chi connectivity index (χ4v) is 2.99. The minimum Gasteiger partial charge on any atom is -0.331 e. The number of anilines is 1. The first kappa shape index (κ1) is 17.8. The minimum absolute atomic E-state index is 0.0452. The molecule has 2 rings (SSSR count). The highest BCUT2D eigenvalue weighted by Gasteiger charge is 2.13. The van der Waals surface area contributed by atoms with E-state index < -0.39 is 4.92 Å². The summed E-state index contributed by atoms with van der Waals surface area (Å²) in [6.45, 7) is 0. The Hall–Kier alpha value is -1.59. The molecule has 2 aromatic rings. The highest BCUT2D eigenvalue weighted by molar-refractivity contribution is 14.1. The molecule has 0 atom stereocenters. The Morgan fingerprint density at radius 1 is 1.26 bits per heavy atom. The van der Waals surface area contributed by atoms with E-state index in [0.717, 1.165) is 3.57 Å². The van der Waals surface area contributed by atoms with Crippen LogP contribution in [0.25, 0.3) is 0 Å². The Balaban J connectivity index is 2.07. The Morgan fingerprint density at radius 3 is 2.57 bits per heavy atom. The number of benzene rings is 2. The average Bonchev–Trinajstić information content (AvgIpc) is 2.49. The lowest BCUT2D eigenvalue weighted by Crippen LogP contribution is -2.34. The molecule has 0 fully saturated rings. The lowest BCUT2D eigenvalue weighted by Gasteiger charge is -2.11. The molecule has 0 saturated carbocycles. The molecule has 0 aliphatic rings. The zero-order valence-electron chi connectivity index (χ0n) is 11.4. The number of amides is 1. The highest BCUT2D eigenvalue weighted by Crippen LogP contribution is 2.27. The normalized spacial score (nSPS) is 10.0. The van der Waals surface area contributed by atoms with Crippen LogP contribution in [-0.4, -0.2) is 15.9 Å². The molecular weight excluding hydrogens is 497 g/mol. The van der Waals surface area contributed by atoms with Gasteiger partial charge in [0.05, 0.1) is 16.2 Å². The van der Waals surface area contributed by atoms with Crippen molar-refractivity contribution in [3.8, 4) is 0 Å². The summed E-state index contributed by atoms with van der Waals surface area (Å²) in [7, 11) is 0. The van der Waals surface area contributed by atoms with Crippen LogP contribution in [0.2, 0.25) is 0 Å². The summed E-state index contributed by atoms with van der Waals surface area (Å²) in [6, 6.07) is 11.3. The second kappa shape index (κ2) is 7.79. The zero-order chi connectivity index (χ0) is 17.0. The first-order valence-corrected chi connectivity index (χ1v) is 8.47. The van der Waals surface area contributed by atoms with Gasteiger partial charge in [-0.2, -0.15) is 0 Å². The number of nitrogens with zero attached hydrogens (tertiary/aromatic N) is 1. The van der Waals surface area contributed by atoms with Crippen LogP contribution in [-0.2, 0) is 0 Å². The molecule has 0 aromatic heterocycles. The third kappa shape index (κ3) is 4.69. The highest BCUT2D eigenvalue weighted by atomic mass is 127. The van der Waals surface area contributed by atoms with E-state index in [0.29, 0.717) is 15.7 Å². The van der Waals surface area contributed by atoms with Gasteiger partial charge in [-0.15, -0.1) is 0 Å². The van der Waals surface area contributed by atoms with Gasteiger partial charge >= 0.3 is 0 Å². The van der Waals surface area contributed by atoms with Crippen molar-refractivity contribution in [2.24, 2.45) is 0 Å². The van der Waals surface area contributed by atoms with Crippen LogP contribution in [0.3, 0.4) is 0 Å². The van der Waals surface area contributed by atoms with E-state index in [9.17, 15) is 14.9 Å². The number of nitro benzene ring substituents is 1. The van der Waals surface area contributed by atoms with E-state index in [2.05, 4.69) is 49.2 Å². The number of carbonyl (C=O) groups excluding carboxylic acids is 1. The van der Waals surface area contributed by atoms with Gasteiger partial charge in [0.25, 0.3) is 11.6 Å². The minimum atomic E-state index is -0.494. The van der Waals surface area contributed by atoms with Crippen molar-refractivity contribution in [1.82, 2.24) is 5.32 Å². The molecule has 0 aliphatic carbocycles. The van der Waals surface area contributed by atoms with Gasteiger partial charge in [0, 0.05) is 20.2 Å². The van der Waals surface area contributed by atoms with Crippen molar-refractivity contribution < 1.29 is 9.72 Å². The third-order valence-corrected chi connectivity index (χ3v) is 4.56. The fourth-order valence-electron chi connectivity index (χ4n) is 1.69. The molecule has 0 heterocycles. The lowest BCUT2D eigenvalue weighted by atomic mass is 10.2. The molecule has 0 bridgehead atoms. The van der Waals surface area contributed by atoms with Crippen LogP contribution in [0.1, 0.15) is 10.4 Å². The van der Waals surface area contributed by atoms with Crippen LogP contribution >= 0.6 is 50.7 Å². The predicted molar refractivity (Wildman–Crippen MR) is 104 cm³/mol. The molecule has 118 valence electrons. The standard InChI is InChI=1S/C14H9BrIN3O3S/c15-10-7-8(19(21)22)5-6-12(10)17-14(23)18-13(20)9-3-1-2-4-11(9)16/h1-7H,(H2,17,18,20,23). The summed E-state index contributed by atoms with van der Waals surface area (Å²) in [5.41, 5.74) is 0.986. The number of non-ortho nitro benzene ring substituents is 1. The first-order valence-electron chi connectivity index (χ1n) is 6.19. The summed E-state index contributed by atoms with van der Waals surface area (Å²) in [6.07, 6.45) is 0. The number of carbonyl (C=O) groups is 1. The second-order valence-corrected chi connectivity index (χ2v) is 6.73. The predicted octanol–water partition coefficient (Wildman–Crippen LogP) is 4.09. The second-order valence-electron chi connectivity index (χ2n) is 4.31. The first-order chi connectivity index (χ1) is 10.9. The maximum Gasteiger partial charge on any atom is 0.270 e. The lowest BCUT2D eigenvalue weighted by molar-refractivity contribution is -0.384. The molecule has 0 aliphatic heterocycles. The summed E-state index contributed by atoms with van der Waals surface area (Å²) in [5.74, 6) is -0.328. The maximum atomic E-state index is 12.2. The van der Waals surface area contributed by atoms with E-state index in [4.69, 9.17) is 12.2 Å². The number of halogens is 2. The van der Waals surface area contributed by atoms with Gasteiger partial charge in [-0.25, -0.2) is 0 Å². The molecule has 6 nitrogen and oxygen atoms in total. The van der Waals surface area contributed by atoms with Crippen LogP contribution in [0.4, 0.5) is 11.4 Å². The van der Waals surface area contributed by atoms with Crippen molar-refractivity contribution in [2.45, 2.75) is 0 Å². The number of thiocarbonyl (C=S) groups is 1. The smallest absolute Gasteiger partial charge is 0.270 e. The number of rotatable bonds is 3. The molecule has 0 saturated heterocycles. The topological polar surface area (TPSA) is 84.3 Å². The van der Waals surface area contributed by atoms with Crippen molar-refractivity contribution in [1.29, 1.82) is 0 Å². The number of hydrogen-bond donors (Lipinski definition) is 2. The Labute approximate surface area is 159 Å². The fraction of sp³-hybridized carbons (Fsp3) is 0. The van der Waals surface area contributed by atoms with Gasteiger partial charge in [0.15, 0.2) is 5.11 Å². The van der Waals surface area contributed by atoms with Gasteiger partial charge in [-0.3, -0.25) is 20.2 Å². The Morgan fingerprint density at radius 2 is 1.96 bits per heavy atom. The van der Waals surface area contributed by atoms with Crippen molar-refractivity contribution in [3.63, 3.8) is 0 Å². The van der Waals surface area contributed by atoms with Gasteiger partial charge in [0.2, 0.25) is 0 Å². The molecule has 1 amide bonds. The molecule has 0 unspecified atom stereocenters. The van der Waals surface area contributed by atoms with Crippen molar-refractivity contribution in [3.05, 3.63) is 66.2 Å². The Bertz CT molecular complexity index is 801. The largest absolute Gasteiger partial charge is 0.331 e. The maximum absolute atomic E-state index is 12.2. The number of nitrogens with one attached hydrogen (secondary N) is 2. The van der Waals surface area contributed by atoms with E-state index in [1.54, 1.807) is 12.1 Å². The van der Waals surface area contributed by atoms with Gasteiger partial charge in [-0.1, -0.05) is 12.1 Å². The zero-order valence-corrected chi connectivity index (χ0v) is 15.9. The molecule has 2 N–H and O–H groups in total. The molecular formula is C14H9BrIN3O3S. The van der Waals surface area contributed by atoms with Crippen LogP contribution in [0.5, 0.6) is 0 Å². The molecule has 9 heteroatoms.